The number of hydrogen-bond acceptors (Lipinski definition) is 3. The minimum Gasteiger partial charge on any atom is -0.305 e. The first-order valence-corrected chi connectivity index (χ1v) is 5.92. The van der Waals surface area contributed by atoms with Crippen LogP contribution in [0.15, 0.2) is 34.2 Å². The summed E-state index contributed by atoms with van der Waals surface area (Å²) in [5, 5.41) is 2.64. The van der Waals surface area contributed by atoms with Crippen molar-refractivity contribution in [2.45, 2.75) is 6.92 Å². The predicted octanol–water partition coefficient (Wildman–Crippen LogP) is 1.93. The highest BCUT2D eigenvalue weighted by Gasteiger charge is 2.22. The Labute approximate surface area is 107 Å². The van der Waals surface area contributed by atoms with Crippen molar-refractivity contribution in [3.05, 3.63) is 40.6 Å². The summed E-state index contributed by atoms with van der Waals surface area (Å²) in [6.07, 6.45) is 1.42. The van der Waals surface area contributed by atoms with Gasteiger partial charge < -0.3 is 5.32 Å². The van der Waals surface area contributed by atoms with Gasteiger partial charge in [0.25, 0.3) is 5.91 Å². The number of nitrogens with zero attached hydrogens (tertiary/aromatic N) is 1. The first-order chi connectivity index (χ1) is 8.56. The Bertz CT molecular complexity index is 581. The Kier molecular flexibility index (Phi) is 3.57. The molecule has 18 heavy (non-hydrogen) atoms. The highest BCUT2D eigenvalue weighted by atomic mass is 32.2. The number of hydrogen-bond donors (Lipinski definition) is 1. The molecule has 1 aliphatic rings. The Morgan fingerprint density at radius 1 is 1.44 bits per heavy atom. The Morgan fingerprint density at radius 2 is 2.17 bits per heavy atom. The fourth-order valence-electron chi connectivity index (χ4n) is 1.35. The number of carbonyl (C=O) groups excluding carboxylic acids is 2. The number of benzene rings is 1. The molecule has 1 heterocycles. The quantitative estimate of drug-likeness (QED) is 0.788. The lowest BCUT2D eigenvalue weighted by Gasteiger charge is -1.99. The average molecular weight is 264 g/mol. The van der Waals surface area contributed by atoms with Gasteiger partial charge in [-0.1, -0.05) is 18.2 Å². The van der Waals surface area contributed by atoms with E-state index in [-0.39, 0.29) is 16.0 Å². The van der Waals surface area contributed by atoms with Gasteiger partial charge in [-0.3, -0.25) is 9.59 Å². The average Bonchev–Trinajstić information content (AvgIpc) is 2.61. The Morgan fingerprint density at radius 3 is 2.83 bits per heavy atom. The number of amidine groups is 1. The topological polar surface area (TPSA) is 58.5 Å². The number of aliphatic imine (C=N–C) groups is 1. The molecule has 0 fully saturated rings. The molecule has 2 rings (SSSR count). The summed E-state index contributed by atoms with van der Waals surface area (Å²) in [5.74, 6) is -1.19. The molecule has 0 aromatic heterocycles. The summed E-state index contributed by atoms with van der Waals surface area (Å²) in [7, 11) is 0. The lowest BCUT2D eigenvalue weighted by atomic mass is 10.2. The number of amides is 2. The molecule has 0 spiro atoms. The van der Waals surface area contributed by atoms with Gasteiger partial charge in [-0.15, -0.1) is 0 Å². The molecular formula is C12H9FN2O2S. The first kappa shape index (κ1) is 12.5. The van der Waals surface area contributed by atoms with E-state index in [1.54, 1.807) is 18.2 Å². The number of halogens is 1. The van der Waals surface area contributed by atoms with E-state index in [4.69, 9.17) is 0 Å². The molecule has 0 saturated heterocycles. The van der Waals surface area contributed by atoms with E-state index in [0.717, 1.165) is 11.8 Å². The fourth-order valence-corrected chi connectivity index (χ4v) is 2.20. The smallest absolute Gasteiger partial charge is 0.286 e. The van der Waals surface area contributed by atoms with Gasteiger partial charge in [-0.2, -0.15) is 4.99 Å². The maximum Gasteiger partial charge on any atom is 0.286 e. The zero-order valence-corrected chi connectivity index (χ0v) is 10.3. The van der Waals surface area contributed by atoms with Crippen molar-refractivity contribution in [2.75, 3.05) is 0 Å². The van der Waals surface area contributed by atoms with Crippen LogP contribution in [0.3, 0.4) is 0 Å². The third-order valence-corrected chi connectivity index (χ3v) is 2.99. The summed E-state index contributed by atoms with van der Waals surface area (Å²) in [6.45, 7) is 1.33. The van der Waals surface area contributed by atoms with Crippen LogP contribution < -0.4 is 5.32 Å². The molecule has 0 saturated carbocycles. The largest absolute Gasteiger partial charge is 0.305 e. The van der Waals surface area contributed by atoms with E-state index in [1.807, 2.05) is 0 Å². The zero-order chi connectivity index (χ0) is 13.1. The normalized spacial score (nSPS) is 16.9. The molecule has 1 aromatic carbocycles. The van der Waals surface area contributed by atoms with Crippen molar-refractivity contribution in [3.8, 4) is 0 Å². The molecular weight excluding hydrogens is 255 g/mol. The number of carbonyl (C=O) groups is 2. The van der Waals surface area contributed by atoms with Crippen molar-refractivity contribution in [1.82, 2.24) is 5.32 Å². The highest BCUT2D eigenvalue weighted by molar-refractivity contribution is 8.18. The minimum absolute atomic E-state index is 0.218. The van der Waals surface area contributed by atoms with Gasteiger partial charge in [0, 0.05) is 12.5 Å². The summed E-state index contributed by atoms with van der Waals surface area (Å²) >= 11 is 1.01. The van der Waals surface area contributed by atoms with Gasteiger partial charge in [0.05, 0.1) is 4.91 Å². The van der Waals surface area contributed by atoms with Gasteiger partial charge in [-0.25, -0.2) is 4.39 Å². The molecule has 0 bridgehead atoms. The van der Waals surface area contributed by atoms with Crippen molar-refractivity contribution in [1.29, 1.82) is 0 Å². The molecule has 2 amide bonds. The Hall–Kier alpha value is -1.95. The fraction of sp³-hybridized carbons (Fsp3) is 0.0833. The number of thioether (sulfide) groups is 1. The van der Waals surface area contributed by atoms with Crippen molar-refractivity contribution in [2.24, 2.45) is 4.99 Å². The van der Waals surface area contributed by atoms with Crippen LogP contribution in [0.1, 0.15) is 12.5 Å². The monoisotopic (exact) mass is 264 g/mol. The summed E-state index contributed by atoms with van der Waals surface area (Å²) in [4.78, 5) is 26.3. The molecule has 0 unspecified atom stereocenters. The second kappa shape index (κ2) is 5.14. The van der Waals surface area contributed by atoms with Crippen molar-refractivity contribution >= 4 is 34.8 Å². The summed E-state index contributed by atoms with van der Waals surface area (Å²) < 4.78 is 13.4. The maximum absolute atomic E-state index is 13.4. The van der Waals surface area contributed by atoms with E-state index >= 15 is 0 Å². The maximum atomic E-state index is 13.4. The second-order valence-corrected chi connectivity index (χ2v) is 4.57. The van der Waals surface area contributed by atoms with E-state index < -0.39 is 11.7 Å². The minimum atomic E-state index is -0.480. The number of nitrogens with one attached hydrogen (secondary N) is 1. The number of rotatable bonds is 1. The lowest BCUT2D eigenvalue weighted by Crippen LogP contribution is -2.23. The Balaban J connectivity index is 2.20. The summed E-state index contributed by atoms with van der Waals surface area (Å²) in [5.41, 5.74) is 0.313. The van der Waals surface area contributed by atoms with Gasteiger partial charge in [-0.05, 0) is 23.9 Å². The van der Waals surface area contributed by atoms with Crippen LogP contribution in [-0.4, -0.2) is 17.0 Å². The molecule has 1 N–H and O–H groups in total. The van der Waals surface area contributed by atoms with Crippen LogP contribution in [-0.2, 0) is 9.59 Å². The third-order valence-electron chi connectivity index (χ3n) is 2.10. The van der Waals surface area contributed by atoms with E-state index in [9.17, 15) is 14.0 Å². The molecule has 1 aromatic rings. The predicted molar refractivity (Wildman–Crippen MR) is 68.2 cm³/mol. The molecule has 6 heteroatoms. The van der Waals surface area contributed by atoms with Crippen molar-refractivity contribution in [3.63, 3.8) is 0 Å². The molecule has 0 radical (unpaired) electrons. The van der Waals surface area contributed by atoms with Gasteiger partial charge >= 0.3 is 0 Å². The van der Waals surface area contributed by atoms with Crippen LogP contribution in [0.2, 0.25) is 0 Å². The molecule has 1 aliphatic heterocycles. The molecule has 0 aliphatic carbocycles. The van der Waals surface area contributed by atoms with Crippen molar-refractivity contribution < 1.29 is 14.0 Å². The van der Waals surface area contributed by atoms with Crippen LogP contribution in [0, 0.1) is 5.82 Å². The standard InChI is InChI=1S/C12H9FN2O2S/c1-7(16)14-12-15-11(17)10(18-12)6-8-4-2-3-5-9(8)13/h2-6H,1H3,(H,14,15,16,17)/b10-6-. The van der Waals surface area contributed by atoms with Gasteiger partial charge in [0.2, 0.25) is 5.91 Å². The first-order valence-electron chi connectivity index (χ1n) is 5.11. The van der Waals surface area contributed by atoms with Gasteiger partial charge in [0.15, 0.2) is 5.17 Å². The SMILES string of the molecule is CC(=O)NC1=NC(=O)/C(=C/c2ccccc2F)S1. The van der Waals surface area contributed by atoms with Crippen LogP contribution >= 0.6 is 11.8 Å². The third kappa shape index (κ3) is 2.84. The molecule has 92 valence electrons. The van der Waals surface area contributed by atoms with Gasteiger partial charge in [0.1, 0.15) is 5.82 Å². The lowest BCUT2D eigenvalue weighted by molar-refractivity contribution is -0.117. The van der Waals surface area contributed by atoms with E-state index in [1.165, 1.54) is 19.1 Å². The summed E-state index contributed by atoms with van der Waals surface area (Å²) in [6, 6.07) is 6.12. The highest BCUT2D eigenvalue weighted by Crippen LogP contribution is 2.27. The zero-order valence-electron chi connectivity index (χ0n) is 9.44. The van der Waals surface area contributed by atoms with E-state index in [2.05, 4.69) is 10.3 Å². The van der Waals surface area contributed by atoms with Crippen LogP contribution in [0.5, 0.6) is 0 Å². The molecule has 0 atom stereocenters. The second-order valence-electron chi connectivity index (χ2n) is 3.54. The van der Waals surface area contributed by atoms with Crippen LogP contribution in [0.25, 0.3) is 6.08 Å². The van der Waals surface area contributed by atoms with E-state index in [0.29, 0.717) is 5.56 Å². The molecule has 4 nitrogen and oxygen atoms in total. The van der Waals surface area contributed by atoms with Crippen LogP contribution in [0.4, 0.5) is 4.39 Å².